The standard InChI is InChI=1S/C8H9F3O2/c9-8(10,11)6-4-2-1-3-5(6)7(12)13/h1-2,5-6H,3-4H2,(H,12,13)/t5-,6+/m1/s1. The lowest BCUT2D eigenvalue weighted by Crippen LogP contribution is -2.35. The van der Waals surface area contributed by atoms with Crippen molar-refractivity contribution in [1.82, 2.24) is 0 Å². The molecule has 74 valence electrons. The summed E-state index contributed by atoms with van der Waals surface area (Å²) in [7, 11) is 0. The molecule has 0 saturated carbocycles. The number of allylic oxidation sites excluding steroid dienone is 2. The third-order valence-corrected chi connectivity index (χ3v) is 2.17. The first-order chi connectivity index (χ1) is 5.93. The Balaban J connectivity index is 2.81. The molecule has 0 aromatic rings. The maximum Gasteiger partial charge on any atom is 0.392 e. The second-order valence-electron chi connectivity index (χ2n) is 3.04. The fraction of sp³-hybridized carbons (Fsp3) is 0.625. The average molecular weight is 194 g/mol. The molecule has 1 aliphatic carbocycles. The number of hydrogen-bond donors (Lipinski definition) is 1. The zero-order valence-corrected chi connectivity index (χ0v) is 6.71. The zero-order chi connectivity index (χ0) is 10.1. The first kappa shape index (κ1) is 10.1. The van der Waals surface area contributed by atoms with Crippen molar-refractivity contribution in [3.63, 3.8) is 0 Å². The number of carboxylic acids is 1. The zero-order valence-electron chi connectivity index (χ0n) is 6.71. The molecule has 0 saturated heterocycles. The van der Waals surface area contributed by atoms with E-state index in [0.717, 1.165) is 0 Å². The molecule has 0 amide bonds. The van der Waals surface area contributed by atoms with Crippen LogP contribution in [0.4, 0.5) is 13.2 Å². The summed E-state index contributed by atoms with van der Waals surface area (Å²) in [5, 5.41) is 8.54. The highest BCUT2D eigenvalue weighted by atomic mass is 19.4. The van der Waals surface area contributed by atoms with Crippen LogP contribution < -0.4 is 0 Å². The second kappa shape index (κ2) is 3.40. The number of halogens is 3. The van der Waals surface area contributed by atoms with Crippen LogP contribution in [-0.4, -0.2) is 17.3 Å². The normalized spacial score (nSPS) is 28.8. The Labute approximate surface area is 73.1 Å². The summed E-state index contributed by atoms with van der Waals surface area (Å²) in [6.07, 6.45) is -1.79. The van der Waals surface area contributed by atoms with Gasteiger partial charge in [0, 0.05) is 0 Å². The van der Waals surface area contributed by atoms with Crippen LogP contribution >= 0.6 is 0 Å². The van der Waals surface area contributed by atoms with Crippen LogP contribution in [0.2, 0.25) is 0 Å². The van der Waals surface area contributed by atoms with Crippen molar-refractivity contribution >= 4 is 5.97 Å². The van der Waals surface area contributed by atoms with Gasteiger partial charge in [0.25, 0.3) is 0 Å². The topological polar surface area (TPSA) is 37.3 Å². The van der Waals surface area contributed by atoms with E-state index < -0.39 is 24.0 Å². The Morgan fingerprint density at radius 3 is 2.23 bits per heavy atom. The van der Waals surface area contributed by atoms with E-state index in [2.05, 4.69) is 0 Å². The van der Waals surface area contributed by atoms with Crippen molar-refractivity contribution in [3.05, 3.63) is 12.2 Å². The molecule has 5 heteroatoms. The highest BCUT2D eigenvalue weighted by Gasteiger charge is 2.47. The Hall–Kier alpha value is -1.00. The summed E-state index contributed by atoms with van der Waals surface area (Å²) in [5.74, 6) is -4.41. The van der Waals surface area contributed by atoms with Gasteiger partial charge in [0.1, 0.15) is 0 Å². The van der Waals surface area contributed by atoms with E-state index in [1.165, 1.54) is 12.2 Å². The van der Waals surface area contributed by atoms with E-state index in [0.29, 0.717) is 0 Å². The molecule has 2 atom stereocenters. The van der Waals surface area contributed by atoms with E-state index >= 15 is 0 Å². The van der Waals surface area contributed by atoms with Gasteiger partial charge in [-0.25, -0.2) is 0 Å². The van der Waals surface area contributed by atoms with E-state index in [1.54, 1.807) is 0 Å². The second-order valence-corrected chi connectivity index (χ2v) is 3.04. The fourth-order valence-corrected chi connectivity index (χ4v) is 1.45. The van der Waals surface area contributed by atoms with Gasteiger partial charge in [0.2, 0.25) is 0 Å². The maximum atomic E-state index is 12.3. The largest absolute Gasteiger partial charge is 0.481 e. The SMILES string of the molecule is O=C(O)[C@@H]1CC=CC[C@@H]1C(F)(F)F. The van der Waals surface area contributed by atoms with Gasteiger partial charge in [-0.05, 0) is 12.8 Å². The van der Waals surface area contributed by atoms with E-state index in [-0.39, 0.29) is 12.8 Å². The maximum absolute atomic E-state index is 12.3. The summed E-state index contributed by atoms with van der Waals surface area (Å²) in [5.41, 5.74) is 0. The van der Waals surface area contributed by atoms with Crippen molar-refractivity contribution in [1.29, 1.82) is 0 Å². The smallest absolute Gasteiger partial charge is 0.392 e. The van der Waals surface area contributed by atoms with Crippen LogP contribution in [0, 0.1) is 11.8 Å². The van der Waals surface area contributed by atoms with Crippen molar-refractivity contribution < 1.29 is 23.1 Å². The minimum Gasteiger partial charge on any atom is -0.481 e. The van der Waals surface area contributed by atoms with Gasteiger partial charge in [0.15, 0.2) is 0 Å². The molecule has 0 radical (unpaired) electrons. The number of carbonyl (C=O) groups is 1. The van der Waals surface area contributed by atoms with Gasteiger partial charge in [-0.15, -0.1) is 0 Å². The number of carboxylic acid groups (broad SMARTS) is 1. The predicted octanol–water partition coefficient (Wildman–Crippen LogP) is 2.22. The van der Waals surface area contributed by atoms with Gasteiger partial charge in [0.05, 0.1) is 11.8 Å². The number of aliphatic carboxylic acids is 1. The third-order valence-electron chi connectivity index (χ3n) is 2.17. The van der Waals surface area contributed by atoms with Crippen molar-refractivity contribution in [2.24, 2.45) is 11.8 Å². The molecule has 0 aromatic heterocycles. The minimum atomic E-state index is -4.41. The first-order valence-electron chi connectivity index (χ1n) is 3.87. The Bertz CT molecular complexity index is 232. The van der Waals surface area contributed by atoms with Crippen LogP contribution in [0.1, 0.15) is 12.8 Å². The Morgan fingerprint density at radius 2 is 1.85 bits per heavy atom. The molecule has 0 aromatic carbocycles. The molecule has 1 rings (SSSR count). The predicted molar refractivity (Wildman–Crippen MR) is 39.0 cm³/mol. The quantitative estimate of drug-likeness (QED) is 0.650. The lowest BCUT2D eigenvalue weighted by Gasteiger charge is -2.26. The molecule has 0 fully saturated rings. The van der Waals surface area contributed by atoms with E-state index in [1.807, 2.05) is 0 Å². The van der Waals surface area contributed by atoms with Crippen LogP contribution in [0.15, 0.2) is 12.2 Å². The third kappa shape index (κ3) is 2.23. The fourth-order valence-electron chi connectivity index (χ4n) is 1.45. The van der Waals surface area contributed by atoms with Gasteiger partial charge in [-0.3, -0.25) is 4.79 Å². The summed E-state index contributed by atoms with van der Waals surface area (Å²) >= 11 is 0. The van der Waals surface area contributed by atoms with Gasteiger partial charge < -0.3 is 5.11 Å². The number of rotatable bonds is 1. The van der Waals surface area contributed by atoms with Gasteiger partial charge in [-0.1, -0.05) is 12.2 Å². The molecule has 0 aliphatic heterocycles. The molecule has 1 aliphatic rings. The highest BCUT2D eigenvalue weighted by molar-refractivity contribution is 5.71. The molecule has 13 heavy (non-hydrogen) atoms. The van der Waals surface area contributed by atoms with E-state index in [9.17, 15) is 18.0 Å². The average Bonchev–Trinajstić information content (AvgIpc) is 2.03. The summed E-state index contributed by atoms with van der Waals surface area (Å²) < 4.78 is 36.8. The van der Waals surface area contributed by atoms with Gasteiger partial charge in [-0.2, -0.15) is 13.2 Å². The molecular weight excluding hydrogens is 185 g/mol. The summed E-state index contributed by atoms with van der Waals surface area (Å²) in [4.78, 5) is 10.5. The molecular formula is C8H9F3O2. The Kier molecular flexibility index (Phi) is 2.63. The van der Waals surface area contributed by atoms with Crippen LogP contribution in [-0.2, 0) is 4.79 Å². The number of alkyl halides is 3. The summed E-state index contributed by atoms with van der Waals surface area (Å²) in [6, 6.07) is 0. The molecule has 1 N–H and O–H groups in total. The Morgan fingerprint density at radius 1 is 1.31 bits per heavy atom. The molecule has 0 heterocycles. The van der Waals surface area contributed by atoms with Crippen molar-refractivity contribution in [3.8, 4) is 0 Å². The van der Waals surface area contributed by atoms with Crippen molar-refractivity contribution in [2.75, 3.05) is 0 Å². The van der Waals surface area contributed by atoms with Crippen molar-refractivity contribution in [2.45, 2.75) is 19.0 Å². The lowest BCUT2D eigenvalue weighted by molar-refractivity contribution is -0.196. The van der Waals surface area contributed by atoms with E-state index in [4.69, 9.17) is 5.11 Å². The minimum absolute atomic E-state index is 0.0283. The molecule has 0 unspecified atom stereocenters. The molecule has 0 spiro atoms. The monoisotopic (exact) mass is 194 g/mol. The summed E-state index contributed by atoms with van der Waals surface area (Å²) in [6.45, 7) is 0. The lowest BCUT2D eigenvalue weighted by atomic mass is 9.82. The molecule has 0 bridgehead atoms. The molecule has 2 nitrogen and oxygen atoms in total. The highest BCUT2D eigenvalue weighted by Crippen LogP contribution is 2.38. The first-order valence-corrected chi connectivity index (χ1v) is 3.87. The van der Waals surface area contributed by atoms with Crippen LogP contribution in [0.25, 0.3) is 0 Å². The number of hydrogen-bond acceptors (Lipinski definition) is 1. The van der Waals surface area contributed by atoms with Crippen LogP contribution in [0.5, 0.6) is 0 Å². The van der Waals surface area contributed by atoms with Crippen LogP contribution in [0.3, 0.4) is 0 Å². The van der Waals surface area contributed by atoms with Gasteiger partial charge >= 0.3 is 12.1 Å².